The van der Waals surface area contributed by atoms with Crippen LogP contribution in [0.4, 0.5) is 0 Å². The molecule has 0 spiro atoms. The molecule has 4 nitrogen and oxygen atoms in total. The average molecular weight is 307 g/mol. The molecule has 0 radical (unpaired) electrons. The molecule has 0 amide bonds. The second kappa shape index (κ2) is 6.77. The first-order valence-corrected chi connectivity index (χ1v) is 8.62. The fourth-order valence-electron chi connectivity index (χ4n) is 2.17. The standard InChI is InChI=1S/C13H23ClN2O2S/c1-5-7-15-10-13(8-12(15)9-14)19(17,18)16(6-2)11(3)4/h8,10-11H,5-7,9H2,1-4H3. The van der Waals surface area contributed by atoms with Crippen molar-refractivity contribution in [2.45, 2.75) is 57.5 Å². The number of halogens is 1. The Hall–Kier alpha value is -0.520. The highest BCUT2D eigenvalue weighted by Crippen LogP contribution is 2.22. The molecule has 0 aliphatic rings. The van der Waals surface area contributed by atoms with Crippen LogP contribution in [-0.2, 0) is 22.4 Å². The van der Waals surface area contributed by atoms with Crippen molar-refractivity contribution in [3.63, 3.8) is 0 Å². The van der Waals surface area contributed by atoms with Crippen molar-refractivity contribution in [1.82, 2.24) is 8.87 Å². The van der Waals surface area contributed by atoms with Gasteiger partial charge in [-0.25, -0.2) is 8.42 Å². The van der Waals surface area contributed by atoms with E-state index in [4.69, 9.17) is 11.6 Å². The maximum atomic E-state index is 12.6. The summed E-state index contributed by atoms with van der Waals surface area (Å²) in [6.45, 7) is 8.92. The van der Waals surface area contributed by atoms with Crippen molar-refractivity contribution in [3.05, 3.63) is 18.0 Å². The molecule has 0 aromatic carbocycles. The molecule has 1 aromatic heterocycles. The normalized spacial score (nSPS) is 12.6. The minimum Gasteiger partial charge on any atom is -0.349 e. The van der Waals surface area contributed by atoms with Gasteiger partial charge in [-0.15, -0.1) is 11.6 Å². The first-order valence-electron chi connectivity index (χ1n) is 6.65. The first-order chi connectivity index (χ1) is 8.88. The number of hydrogen-bond acceptors (Lipinski definition) is 2. The van der Waals surface area contributed by atoms with Crippen LogP contribution in [-0.4, -0.2) is 29.9 Å². The van der Waals surface area contributed by atoms with Gasteiger partial charge >= 0.3 is 0 Å². The van der Waals surface area contributed by atoms with Gasteiger partial charge in [0, 0.05) is 31.0 Å². The van der Waals surface area contributed by atoms with Crippen LogP contribution in [0.15, 0.2) is 17.2 Å². The van der Waals surface area contributed by atoms with Crippen LogP contribution in [0.3, 0.4) is 0 Å². The van der Waals surface area contributed by atoms with Gasteiger partial charge in [0.1, 0.15) is 4.90 Å². The summed E-state index contributed by atoms with van der Waals surface area (Å²) in [5, 5.41) is 0. The van der Waals surface area contributed by atoms with Crippen molar-refractivity contribution >= 4 is 21.6 Å². The monoisotopic (exact) mass is 306 g/mol. The molecule has 6 heteroatoms. The van der Waals surface area contributed by atoms with Gasteiger partial charge in [0.15, 0.2) is 0 Å². The minimum atomic E-state index is -3.43. The Morgan fingerprint density at radius 1 is 1.37 bits per heavy atom. The number of alkyl halides is 1. The molecule has 1 aromatic rings. The molecule has 110 valence electrons. The van der Waals surface area contributed by atoms with Gasteiger partial charge in [-0.2, -0.15) is 4.31 Å². The molecule has 0 fully saturated rings. The Bertz CT molecular complexity index is 509. The van der Waals surface area contributed by atoms with Gasteiger partial charge in [0.25, 0.3) is 0 Å². The predicted octanol–water partition coefficient (Wildman–Crippen LogP) is 3.06. The third kappa shape index (κ3) is 3.52. The smallest absolute Gasteiger partial charge is 0.244 e. The van der Waals surface area contributed by atoms with Gasteiger partial charge in [-0.3, -0.25) is 0 Å². The molecular formula is C13H23ClN2O2S. The van der Waals surface area contributed by atoms with Crippen molar-refractivity contribution < 1.29 is 8.42 Å². The lowest BCUT2D eigenvalue weighted by atomic mass is 10.4. The van der Waals surface area contributed by atoms with E-state index in [0.717, 1.165) is 18.7 Å². The zero-order valence-corrected chi connectivity index (χ0v) is 13.6. The molecule has 0 aliphatic carbocycles. The van der Waals surface area contributed by atoms with Crippen LogP contribution in [0.2, 0.25) is 0 Å². The third-order valence-corrected chi connectivity index (χ3v) is 5.45. The van der Waals surface area contributed by atoms with E-state index in [1.807, 2.05) is 25.3 Å². The van der Waals surface area contributed by atoms with E-state index in [1.54, 1.807) is 12.3 Å². The molecule has 0 atom stereocenters. The molecule has 0 saturated carbocycles. The van der Waals surface area contributed by atoms with E-state index in [2.05, 4.69) is 6.92 Å². The average Bonchev–Trinajstić information content (AvgIpc) is 2.73. The Balaban J connectivity index is 3.21. The second-order valence-electron chi connectivity index (χ2n) is 4.80. The van der Waals surface area contributed by atoms with Crippen molar-refractivity contribution in [2.24, 2.45) is 0 Å². The Morgan fingerprint density at radius 2 is 2.00 bits per heavy atom. The Labute approximate surface area is 121 Å². The lowest BCUT2D eigenvalue weighted by Gasteiger charge is -2.23. The summed E-state index contributed by atoms with van der Waals surface area (Å²) in [5.74, 6) is 0.323. The summed E-state index contributed by atoms with van der Waals surface area (Å²) in [5.41, 5.74) is 0.849. The van der Waals surface area contributed by atoms with Gasteiger partial charge in [-0.05, 0) is 26.3 Å². The van der Waals surface area contributed by atoms with E-state index in [9.17, 15) is 8.42 Å². The number of aryl methyl sites for hydroxylation is 1. The van der Waals surface area contributed by atoms with Crippen LogP contribution < -0.4 is 0 Å². The zero-order valence-electron chi connectivity index (χ0n) is 12.1. The van der Waals surface area contributed by atoms with Crippen LogP contribution in [0.1, 0.15) is 39.8 Å². The van der Waals surface area contributed by atoms with E-state index in [1.165, 1.54) is 4.31 Å². The highest BCUT2D eigenvalue weighted by Gasteiger charge is 2.27. The summed E-state index contributed by atoms with van der Waals surface area (Å²) in [7, 11) is -3.43. The topological polar surface area (TPSA) is 42.3 Å². The summed E-state index contributed by atoms with van der Waals surface area (Å²) < 4.78 is 28.5. The van der Waals surface area contributed by atoms with Gasteiger partial charge in [0.05, 0.1) is 5.88 Å². The van der Waals surface area contributed by atoms with Crippen LogP contribution >= 0.6 is 11.6 Å². The molecule has 0 aliphatic heterocycles. The lowest BCUT2D eigenvalue weighted by Crippen LogP contribution is -2.36. The highest BCUT2D eigenvalue weighted by atomic mass is 35.5. The van der Waals surface area contributed by atoms with Crippen molar-refractivity contribution in [3.8, 4) is 0 Å². The zero-order chi connectivity index (χ0) is 14.6. The molecule has 0 unspecified atom stereocenters. The van der Waals surface area contributed by atoms with E-state index in [0.29, 0.717) is 17.3 Å². The fourth-order valence-corrected chi connectivity index (χ4v) is 4.12. The largest absolute Gasteiger partial charge is 0.349 e. The van der Waals surface area contributed by atoms with Crippen LogP contribution in [0, 0.1) is 0 Å². The SMILES string of the molecule is CCCn1cc(S(=O)(=O)N(CC)C(C)C)cc1CCl. The van der Waals surface area contributed by atoms with Crippen LogP contribution in [0.5, 0.6) is 0 Å². The predicted molar refractivity (Wildman–Crippen MR) is 79.0 cm³/mol. The summed E-state index contributed by atoms with van der Waals surface area (Å²) >= 11 is 5.88. The second-order valence-corrected chi connectivity index (χ2v) is 6.95. The quantitative estimate of drug-likeness (QED) is 0.727. The van der Waals surface area contributed by atoms with Gasteiger partial charge in [-0.1, -0.05) is 13.8 Å². The lowest BCUT2D eigenvalue weighted by molar-refractivity contribution is 0.369. The fraction of sp³-hybridized carbons (Fsp3) is 0.692. The number of rotatable bonds is 7. The highest BCUT2D eigenvalue weighted by molar-refractivity contribution is 7.89. The van der Waals surface area contributed by atoms with Crippen LogP contribution in [0.25, 0.3) is 0 Å². The molecular weight excluding hydrogens is 284 g/mol. The van der Waals surface area contributed by atoms with E-state index >= 15 is 0 Å². The minimum absolute atomic E-state index is 0.0519. The molecule has 0 N–H and O–H groups in total. The van der Waals surface area contributed by atoms with Gasteiger partial charge < -0.3 is 4.57 Å². The Morgan fingerprint density at radius 3 is 2.42 bits per heavy atom. The summed E-state index contributed by atoms with van der Waals surface area (Å²) in [4.78, 5) is 0.340. The molecule has 19 heavy (non-hydrogen) atoms. The van der Waals surface area contributed by atoms with Gasteiger partial charge in [0.2, 0.25) is 10.0 Å². The molecule has 0 saturated heterocycles. The summed E-state index contributed by atoms with van der Waals surface area (Å²) in [6.07, 6.45) is 2.64. The van der Waals surface area contributed by atoms with E-state index in [-0.39, 0.29) is 6.04 Å². The summed E-state index contributed by atoms with van der Waals surface area (Å²) in [6, 6.07) is 1.63. The first kappa shape index (κ1) is 16.5. The van der Waals surface area contributed by atoms with E-state index < -0.39 is 10.0 Å². The maximum Gasteiger partial charge on any atom is 0.244 e. The molecule has 1 heterocycles. The molecule has 0 bridgehead atoms. The third-order valence-electron chi connectivity index (χ3n) is 3.06. The number of nitrogens with zero attached hydrogens (tertiary/aromatic N) is 2. The number of hydrogen-bond donors (Lipinski definition) is 0. The number of aromatic nitrogens is 1. The molecule has 1 rings (SSSR count). The maximum absolute atomic E-state index is 12.6. The van der Waals surface area contributed by atoms with Crippen molar-refractivity contribution in [2.75, 3.05) is 6.54 Å². The number of sulfonamides is 1. The Kier molecular flexibility index (Phi) is 5.89. The van der Waals surface area contributed by atoms with Crippen molar-refractivity contribution in [1.29, 1.82) is 0 Å².